The van der Waals surface area contributed by atoms with Gasteiger partial charge in [-0.05, 0) is 25.0 Å². The number of aliphatic hydroxyl groups is 1. The Hall–Kier alpha value is -2.21. The molecule has 0 aromatic heterocycles. The van der Waals surface area contributed by atoms with Crippen molar-refractivity contribution < 1.29 is 29.3 Å². The summed E-state index contributed by atoms with van der Waals surface area (Å²) in [6.07, 6.45) is 7.99. The summed E-state index contributed by atoms with van der Waals surface area (Å²) in [7, 11) is 0. The van der Waals surface area contributed by atoms with Gasteiger partial charge >= 0.3 is 11.9 Å². The van der Waals surface area contributed by atoms with Crippen molar-refractivity contribution in [2.24, 2.45) is 5.92 Å². The predicted octanol–water partition coefficient (Wildman–Crippen LogP) is 4.49. The normalized spacial score (nSPS) is 10.9. The first kappa shape index (κ1) is 23.8. The van der Waals surface area contributed by atoms with Crippen LogP contribution in [0.2, 0.25) is 0 Å². The van der Waals surface area contributed by atoms with E-state index in [1.165, 1.54) is 18.2 Å². The molecule has 28 heavy (non-hydrogen) atoms. The maximum absolute atomic E-state index is 12.3. The molecule has 1 aromatic rings. The standard InChI is InChI=1S/C22H32O6/c1-16(2)20(24)17-11-12-18(21(25)26)19(15-17)22(27)28-14-10-8-6-4-3-5-7-9-13-23/h11-12,15-16,23H,3-10,13-14H2,1-2H3,(H,25,26). The molecule has 1 aromatic carbocycles. The number of ether oxygens (including phenoxy) is 1. The van der Waals surface area contributed by atoms with Crippen LogP contribution in [-0.2, 0) is 4.74 Å². The van der Waals surface area contributed by atoms with Crippen LogP contribution in [0.15, 0.2) is 18.2 Å². The van der Waals surface area contributed by atoms with Gasteiger partial charge in [-0.2, -0.15) is 0 Å². The lowest BCUT2D eigenvalue weighted by atomic mass is 9.96. The molecule has 6 nitrogen and oxygen atoms in total. The van der Waals surface area contributed by atoms with Gasteiger partial charge in [0.15, 0.2) is 5.78 Å². The highest BCUT2D eigenvalue weighted by atomic mass is 16.5. The first-order valence-corrected chi connectivity index (χ1v) is 10.1. The molecular weight excluding hydrogens is 360 g/mol. The molecule has 0 aliphatic carbocycles. The smallest absolute Gasteiger partial charge is 0.339 e. The van der Waals surface area contributed by atoms with Crippen LogP contribution in [0.1, 0.15) is 96.3 Å². The summed E-state index contributed by atoms with van der Waals surface area (Å²) in [5, 5.41) is 18.0. The summed E-state index contributed by atoms with van der Waals surface area (Å²) in [5.74, 6) is -2.33. The van der Waals surface area contributed by atoms with Crippen LogP contribution in [0.5, 0.6) is 0 Å². The molecule has 0 atom stereocenters. The number of carbonyl (C=O) groups is 3. The summed E-state index contributed by atoms with van der Waals surface area (Å²) in [6.45, 7) is 3.98. The molecule has 0 unspecified atom stereocenters. The van der Waals surface area contributed by atoms with Gasteiger partial charge in [0.25, 0.3) is 0 Å². The highest BCUT2D eigenvalue weighted by Crippen LogP contribution is 2.17. The number of unbranched alkanes of at least 4 members (excludes halogenated alkanes) is 7. The number of hydrogen-bond donors (Lipinski definition) is 2. The largest absolute Gasteiger partial charge is 0.478 e. The van der Waals surface area contributed by atoms with Crippen LogP contribution in [0, 0.1) is 5.92 Å². The van der Waals surface area contributed by atoms with Gasteiger partial charge in [0.2, 0.25) is 0 Å². The minimum Gasteiger partial charge on any atom is -0.478 e. The fourth-order valence-corrected chi connectivity index (χ4v) is 2.90. The third-order valence-electron chi connectivity index (χ3n) is 4.56. The minimum atomic E-state index is -1.23. The van der Waals surface area contributed by atoms with E-state index in [4.69, 9.17) is 9.84 Å². The van der Waals surface area contributed by atoms with Gasteiger partial charge in [-0.25, -0.2) is 9.59 Å². The lowest BCUT2D eigenvalue weighted by Crippen LogP contribution is -2.15. The molecule has 6 heteroatoms. The summed E-state index contributed by atoms with van der Waals surface area (Å²) >= 11 is 0. The Morgan fingerprint density at radius 2 is 1.46 bits per heavy atom. The van der Waals surface area contributed by atoms with E-state index in [0.717, 1.165) is 51.4 Å². The quantitative estimate of drug-likeness (QED) is 0.275. The Labute approximate surface area is 166 Å². The molecule has 0 aliphatic heterocycles. The zero-order chi connectivity index (χ0) is 20.9. The molecule has 0 spiro atoms. The highest BCUT2D eigenvalue weighted by molar-refractivity contribution is 6.06. The van der Waals surface area contributed by atoms with Crippen LogP contribution < -0.4 is 0 Å². The van der Waals surface area contributed by atoms with Crippen molar-refractivity contribution >= 4 is 17.7 Å². The topological polar surface area (TPSA) is 101 Å². The van der Waals surface area contributed by atoms with E-state index >= 15 is 0 Å². The number of ketones is 1. The highest BCUT2D eigenvalue weighted by Gasteiger charge is 2.21. The van der Waals surface area contributed by atoms with Crippen molar-refractivity contribution in [2.45, 2.75) is 65.2 Å². The van der Waals surface area contributed by atoms with Crippen molar-refractivity contribution in [1.82, 2.24) is 0 Å². The predicted molar refractivity (Wildman–Crippen MR) is 107 cm³/mol. The fraction of sp³-hybridized carbons (Fsp3) is 0.591. The number of benzene rings is 1. The number of Topliss-reactive ketones (excluding diaryl/α,β-unsaturated/α-hetero) is 1. The molecular formula is C22H32O6. The third-order valence-corrected chi connectivity index (χ3v) is 4.56. The van der Waals surface area contributed by atoms with Crippen molar-refractivity contribution in [3.05, 3.63) is 34.9 Å². The SMILES string of the molecule is CC(C)C(=O)c1ccc(C(=O)O)c(C(=O)OCCCCCCCCCCO)c1. The van der Waals surface area contributed by atoms with Gasteiger partial charge in [-0.1, -0.05) is 58.4 Å². The lowest BCUT2D eigenvalue weighted by Gasteiger charge is -2.10. The van der Waals surface area contributed by atoms with Crippen LogP contribution in [0.4, 0.5) is 0 Å². The second kappa shape index (κ2) is 13.0. The zero-order valence-electron chi connectivity index (χ0n) is 16.9. The number of hydrogen-bond acceptors (Lipinski definition) is 5. The molecule has 0 saturated carbocycles. The Balaban J connectivity index is 2.49. The molecule has 2 N–H and O–H groups in total. The number of aliphatic hydroxyl groups excluding tert-OH is 1. The number of aromatic carboxylic acids is 1. The molecule has 0 fully saturated rings. The van der Waals surface area contributed by atoms with E-state index in [1.807, 2.05) is 0 Å². The average Bonchev–Trinajstić information content (AvgIpc) is 2.67. The second-order valence-electron chi connectivity index (χ2n) is 7.27. The molecule has 0 saturated heterocycles. The number of carboxylic acids is 1. The maximum Gasteiger partial charge on any atom is 0.339 e. The first-order valence-electron chi connectivity index (χ1n) is 10.1. The van der Waals surface area contributed by atoms with E-state index < -0.39 is 11.9 Å². The van der Waals surface area contributed by atoms with E-state index in [0.29, 0.717) is 5.56 Å². The van der Waals surface area contributed by atoms with Crippen molar-refractivity contribution in [3.8, 4) is 0 Å². The fourth-order valence-electron chi connectivity index (χ4n) is 2.90. The lowest BCUT2D eigenvalue weighted by molar-refractivity contribution is 0.0487. The molecule has 1 rings (SSSR count). The number of carbonyl (C=O) groups excluding carboxylic acids is 2. The Morgan fingerprint density at radius 1 is 0.893 bits per heavy atom. The van der Waals surface area contributed by atoms with E-state index in [2.05, 4.69) is 0 Å². The molecule has 156 valence electrons. The van der Waals surface area contributed by atoms with Gasteiger partial charge in [0, 0.05) is 18.1 Å². The summed E-state index contributed by atoms with van der Waals surface area (Å²) in [4.78, 5) is 35.8. The van der Waals surface area contributed by atoms with E-state index in [9.17, 15) is 19.5 Å². The molecule has 0 heterocycles. The van der Waals surface area contributed by atoms with Crippen molar-refractivity contribution in [1.29, 1.82) is 0 Å². The van der Waals surface area contributed by atoms with Gasteiger partial charge < -0.3 is 14.9 Å². The number of carboxylic acid groups (broad SMARTS) is 1. The Kier molecular flexibility index (Phi) is 11.1. The Morgan fingerprint density at radius 3 is 2.00 bits per heavy atom. The maximum atomic E-state index is 12.3. The summed E-state index contributed by atoms with van der Waals surface area (Å²) in [6, 6.07) is 4.04. The van der Waals surface area contributed by atoms with Gasteiger partial charge in [0.05, 0.1) is 17.7 Å². The van der Waals surface area contributed by atoms with Crippen LogP contribution in [0.3, 0.4) is 0 Å². The van der Waals surface area contributed by atoms with Crippen LogP contribution in [0.25, 0.3) is 0 Å². The summed E-state index contributed by atoms with van der Waals surface area (Å²) < 4.78 is 5.23. The number of rotatable bonds is 14. The van der Waals surface area contributed by atoms with Crippen LogP contribution in [-0.4, -0.2) is 41.1 Å². The minimum absolute atomic E-state index is 0.0807. The molecule has 0 amide bonds. The third kappa shape index (κ3) is 8.21. The monoisotopic (exact) mass is 392 g/mol. The van der Waals surface area contributed by atoms with Gasteiger partial charge in [-0.15, -0.1) is 0 Å². The van der Waals surface area contributed by atoms with Crippen LogP contribution >= 0.6 is 0 Å². The first-order chi connectivity index (χ1) is 13.4. The number of esters is 1. The van der Waals surface area contributed by atoms with E-state index in [1.54, 1.807) is 13.8 Å². The molecule has 0 radical (unpaired) electrons. The van der Waals surface area contributed by atoms with Gasteiger partial charge in [0.1, 0.15) is 0 Å². The second-order valence-corrected chi connectivity index (χ2v) is 7.27. The van der Waals surface area contributed by atoms with Crippen molar-refractivity contribution in [2.75, 3.05) is 13.2 Å². The van der Waals surface area contributed by atoms with Crippen molar-refractivity contribution in [3.63, 3.8) is 0 Å². The zero-order valence-corrected chi connectivity index (χ0v) is 16.9. The van der Waals surface area contributed by atoms with E-state index in [-0.39, 0.29) is 36.0 Å². The van der Waals surface area contributed by atoms with Gasteiger partial charge in [-0.3, -0.25) is 4.79 Å². The average molecular weight is 392 g/mol. The molecule has 0 aliphatic rings. The Bertz CT molecular complexity index is 650. The summed E-state index contributed by atoms with van der Waals surface area (Å²) in [5.41, 5.74) is 0.0733. The molecule has 0 bridgehead atoms.